The molecule has 2 aliphatic carbocycles. The van der Waals surface area contributed by atoms with Gasteiger partial charge < -0.3 is 15.0 Å². The first-order valence-electron chi connectivity index (χ1n) is 11.2. The number of rotatable bonds is 8. The van der Waals surface area contributed by atoms with Gasteiger partial charge in [0.2, 0.25) is 5.91 Å². The minimum atomic E-state index is -0.300. The van der Waals surface area contributed by atoms with Gasteiger partial charge in [-0.3, -0.25) is 9.59 Å². The number of carbonyl (C=O) groups is 1. The molecule has 1 amide bonds. The average Bonchev–Trinajstić information content (AvgIpc) is 2.73. The number of aromatic amines is 1. The molecule has 1 aromatic carbocycles. The molecule has 2 aliphatic rings. The number of amides is 1. The van der Waals surface area contributed by atoms with Crippen LogP contribution in [0.4, 0.5) is 0 Å². The molecule has 2 fully saturated rings. The van der Waals surface area contributed by atoms with Crippen molar-refractivity contribution >= 4 is 5.91 Å². The van der Waals surface area contributed by atoms with Gasteiger partial charge in [0.05, 0.1) is 6.61 Å². The maximum atomic E-state index is 12.4. The summed E-state index contributed by atoms with van der Waals surface area (Å²) in [5, 5.41) is 11.3. The first-order valence-corrected chi connectivity index (χ1v) is 11.2. The van der Waals surface area contributed by atoms with Crippen LogP contribution in [0.1, 0.15) is 63.5 Å². The molecule has 1 heterocycles. The fourth-order valence-corrected chi connectivity index (χ4v) is 4.04. The Morgan fingerprint density at radius 3 is 2.67 bits per heavy atom. The molecule has 0 atom stereocenters. The summed E-state index contributed by atoms with van der Waals surface area (Å²) in [5.74, 6) is 1.81. The molecule has 0 spiro atoms. The number of nitrogens with zero attached hydrogens (tertiary/aromatic N) is 2. The Hall–Kier alpha value is -2.70. The predicted octanol–water partition coefficient (Wildman–Crippen LogP) is 3.39. The second-order valence-corrected chi connectivity index (χ2v) is 8.49. The van der Waals surface area contributed by atoms with E-state index in [1.54, 1.807) is 0 Å². The lowest BCUT2D eigenvalue weighted by Crippen LogP contribution is -2.36. The number of hydrogen-bond donors (Lipinski definition) is 2. The topological polar surface area (TPSA) is 97.0 Å². The van der Waals surface area contributed by atoms with E-state index in [-0.39, 0.29) is 36.0 Å². The molecule has 7 nitrogen and oxygen atoms in total. The van der Waals surface area contributed by atoms with Gasteiger partial charge in [-0.15, -0.1) is 10.2 Å². The van der Waals surface area contributed by atoms with Crippen molar-refractivity contribution < 1.29 is 9.53 Å². The Balaban J connectivity index is 1.33. The van der Waals surface area contributed by atoms with E-state index in [0.29, 0.717) is 11.7 Å². The van der Waals surface area contributed by atoms with Crippen molar-refractivity contribution in [1.29, 1.82) is 0 Å². The van der Waals surface area contributed by atoms with E-state index in [1.807, 2.05) is 24.3 Å². The number of nitrogens with one attached hydrogen (secondary N) is 2. The number of benzene rings is 1. The largest absolute Gasteiger partial charge is 0.493 e. The van der Waals surface area contributed by atoms with Crippen LogP contribution in [0.3, 0.4) is 0 Å². The van der Waals surface area contributed by atoms with Gasteiger partial charge >= 0.3 is 0 Å². The monoisotopic (exact) mass is 410 g/mol. The van der Waals surface area contributed by atoms with Crippen LogP contribution < -0.4 is 15.6 Å². The fraction of sp³-hybridized carbons (Fsp3) is 0.565. The van der Waals surface area contributed by atoms with Crippen LogP contribution in [-0.2, 0) is 11.2 Å². The highest BCUT2D eigenvalue weighted by atomic mass is 16.5. The van der Waals surface area contributed by atoms with Crippen molar-refractivity contribution in [1.82, 2.24) is 20.5 Å². The van der Waals surface area contributed by atoms with Gasteiger partial charge in [-0.1, -0.05) is 37.8 Å². The number of H-pyrrole nitrogens is 1. The highest BCUT2D eigenvalue weighted by molar-refractivity contribution is 5.76. The van der Waals surface area contributed by atoms with Gasteiger partial charge in [0.1, 0.15) is 11.4 Å². The van der Waals surface area contributed by atoms with Gasteiger partial charge in [0.15, 0.2) is 5.82 Å². The molecule has 0 bridgehead atoms. The Labute approximate surface area is 176 Å². The zero-order valence-electron chi connectivity index (χ0n) is 17.4. The van der Waals surface area contributed by atoms with Crippen molar-refractivity contribution in [3.05, 3.63) is 40.3 Å². The number of ether oxygens (including phenoxy) is 1. The number of aromatic nitrogens is 3. The van der Waals surface area contributed by atoms with Crippen LogP contribution in [0, 0.1) is 5.92 Å². The predicted molar refractivity (Wildman–Crippen MR) is 114 cm³/mol. The molecule has 0 aliphatic heterocycles. The molecule has 1 aromatic heterocycles. The maximum absolute atomic E-state index is 12.4. The molecule has 2 aromatic rings. The summed E-state index contributed by atoms with van der Waals surface area (Å²) in [6, 6.07) is 7.81. The SMILES string of the molecule is O=C(CCc1nnc(-c2cccc(OCC3CCC3)c2)[nH]c1=O)NC1CCCCC1. The molecule has 7 heteroatoms. The number of aryl methyl sites for hydroxylation is 1. The first kappa shape index (κ1) is 20.6. The van der Waals surface area contributed by atoms with Crippen molar-refractivity contribution in [2.24, 2.45) is 5.92 Å². The zero-order valence-corrected chi connectivity index (χ0v) is 17.4. The summed E-state index contributed by atoms with van der Waals surface area (Å²) in [5.41, 5.74) is 0.744. The summed E-state index contributed by atoms with van der Waals surface area (Å²) in [6.07, 6.45) is 9.98. The normalized spacial score (nSPS) is 17.3. The molecule has 4 rings (SSSR count). The molecule has 160 valence electrons. The summed E-state index contributed by atoms with van der Waals surface area (Å²) in [4.78, 5) is 27.4. The van der Waals surface area contributed by atoms with Crippen molar-refractivity contribution in [2.45, 2.75) is 70.3 Å². The third-order valence-electron chi connectivity index (χ3n) is 6.14. The van der Waals surface area contributed by atoms with E-state index in [4.69, 9.17) is 4.74 Å². The molecule has 0 saturated heterocycles. The summed E-state index contributed by atoms with van der Waals surface area (Å²) in [6.45, 7) is 0.730. The van der Waals surface area contributed by atoms with Gasteiger partial charge in [-0.05, 0) is 43.7 Å². The quantitative estimate of drug-likeness (QED) is 0.695. The van der Waals surface area contributed by atoms with E-state index in [2.05, 4.69) is 20.5 Å². The Kier molecular flexibility index (Phi) is 6.77. The Bertz CT molecular complexity index is 917. The standard InChI is InChI=1S/C23H30N4O3/c28-21(24-18-9-2-1-3-10-18)13-12-20-23(29)25-22(27-26-20)17-8-5-11-19(14-17)30-15-16-6-4-7-16/h5,8,11,14,16,18H,1-4,6-7,9-10,12-13,15H2,(H,24,28)(H,25,27,29). The Morgan fingerprint density at radius 2 is 1.93 bits per heavy atom. The molecular formula is C23H30N4O3. The highest BCUT2D eigenvalue weighted by Crippen LogP contribution is 2.28. The lowest BCUT2D eigenvalue weighted by Gasteiger charge is -2.25. The third kappa shape index (κ3) is 5.46. The van der Waals surface area contributed by atoms with Gasteiger partial charge in [0.25, 0.3) is 5.56 Å². The van der Waals surface area contributed by atoms with Crippen LogP contribution in [0.25, 0.3) is 11.4 Å². The third-order valence-corrected chi connectivity index (χ3v) is 6.14. The van der Waals surface area contributed by atoms with Crippen LogP contribution in [0.15, 0.2) is 29.1 Å². The minimum absolute atomic E-state index is 0.0245. The van der Waals surface area contributed by atoms with E-state index in [1.165, 1.54) is 38.5 Å². The lowest BCUT2D eigenvalue weighted by molar-refractivity contribution is -0.122. The molecule has 30 heavy (non-hydrogen) atoms. The number of hydrogen-bond acceptors (Lipinski definition) is 5. The molecular weight excluding hydrogens is 380 g/mol. The fourth-order valence-electron chi connectivity index (χ4n) is 4.04. The van der Waals surface area contributed by atoms with Gasteiger partial charge in [-0.25, -0.2) is 0 Å². The molecule has 0 unspecified atom stereocenters. The van der Waals surface area contributed by atoms with E-state index in [9.17, 15) is 9.59 Å². The summed E-state index contributed by atoms with van der Waals surface area (Å²) < 4.78 is 5.87. The van der Waals surface area contributed by atoms with Gasteiger partial charge in [-0.2, -0.15) is 0 Å². The van der Waals surface area contributed by atoms with E-state index >= 15 is 0 Å². The second-order valence-electron chi connectivity index (χ2n) is 8.49. The minimum Gasteiger partial charge on any atom is -0.493 e. The van der Waals surface area contributed by atoms with Crippen LogP contribution in [0.5, 0.6) is 5.75 Å². The van der Waals surface area contributed by atoms with E-state index in [0.717, 1.165) is 30.8 Å². The van der Waals surface area contributed by atoms with Crippen LogP contribution in [-0.4, -0.2) is 33.7 Å². The summed E-state index contributed by atoms with van der Waals surface area (Å²) in [7, 11) is 0. The maximum Gasteiger partial charge on any atom is 0.273 e. The average molecular weight is 411 g/mol. The van der Waals surface area contributed by atoms with Gasteiger partial charge in [0, 0.05) is 24.4 Å². The van der Waals surface area contributed by atoms with Crippen LogP contribution in [0.2, 0.25) is 0 Å². The van der Waals surface area contributed by atoms with Crippen molar-refractivity contribution in [3.63, 3.8) is 0 Å². The smallest absolute Gasteiger partial charge is 0.273 e. The molecule has 0 radical (unpaired) electrons. The molecule has 2 saturated carbocycles. The van der Waals surface area contributed by atoms with Crippen LogP contribution >= 0.6 is 0 Å². The van der Waals surface area contributed by atoms with Crippen molar-refractivity contribution in [3.8, 4) is 17.1 Å². The second kappa shape index (κ2) is 9.87. The zero-order chi connectivity index (χ0) is 20.8. The highest BCUT2D eigenvalue weighted by Gasteiger charge is 2.18. The Morgan fingerprint density at radius 1 is 1.10 bits per heavy atom. The summed E-state index contributed by atoms with van der Waals surface area (Å²) >= 11 is 0. The van der Waals surface area contributed by atoms with E-state index < -0.39 is 0 Å². The molecule has 2 N–H and O–H groups in total. The lowest BCUT2D eigenvalue weighted by atomic mass is 9.86. The van der Waals surface area contributed by atoms with Crippen molar-refractivity contribution in [2.75, 3.05) is 6.61 Å². The number of carbonyl (C=O) groups excluding carboxylic acids is 1. The first-order chi connectivity index (χ1) is 14.7.